The van der Waals surface area contributed by atoms with Crippen molar-refractivity contribution in [1.82, 2.24) is 18.7 Å². The van der Waals surface area contributed by atoms with Gasteiger partial charge in [0.05, 0.1) is 24.3 Å². The molecule has 0 saturated carbocycles. The summed E-state index contributed by atoms with van der Waals surface area (Å²) < 4.78 is 8.98. The minimum absolute atomic E-state index is 0.00929. The summed E-state index contributed by atoms with van der Waals surface area (Å²) in [6.07, 6.45) is 1.45. The fourth-order valence-corrected chi connectivity index (χ4v) is 3.73. The number of imidazole rings is 1. The summed E-state index contributed by atoms with van der Waals surface area (Å²) in [6.45, 7) is 2.09. The molecule has 36 heavy (non-hydrogen) atoms. The summed E-state index contributed by atoms with van der Waals surface area (Å²) in [5, 5.41) is 25.6. The van der Waals surface area contributed by atoms with Crippen LogP contribution in [0.4, 0.5) is 11.6 Å². The van der Waals surface area contributed by atoms with Crippen molar-refractivity contribution >= 4 is 29.0 Å². The molecule has 186 valence electrons. The number of phenols is 1. The van der Waals surface area contributed by atoms with Gasteiger partial charge >= 0.3 is 5.69 Å². The number of benzene rings is 2. The quantitative estimate of drug-likeness (QED) is 0.214. The third-order valence-corrected chi connectivity index (χ3v) is 5.53. The number of hydrogen-bond acceptors (Lipinski definition) is 9. The topological polar surface area (TPSA) is 159 Å². The summed E-state index contributed by atoms with van der Waals surface area (Å²) >= 11 is 0. The van der Waals surface area contributed by atoms with Crippen molar-refractivity contribution in [2.24, 2.45) is 19.2 Å². The number of rotatable bonds is 8. The van der Waals surface area contributed by atoms with E-state index in [9.17, 15) is 24.8 Å². The molecular weight excluding hydrogens is 470 g/mol. The zero-order chi connectivity index (χ0) is 26.0. The number of para-hydroxylation sites is 1. The predicted octanol–water partition coefficient (Wildman–Crippen LogP) is 1.94. The van der Waals surface area contributed by atoms with Gasteiger partial charge in [0.2, 0.25) is 5.95 Å². The first kappa shape index (κ1) is 24.2. The maximum Gasteiger partial charge on any atom is 0.332 e. The average Bonchev–Trinajstić information content (AvgIpc) is 3.22. The molecule has 0 aliphatic rings. The number of nitro benzene ring substituents is 1. The molecule has 0 spiro atoms. The van der Waals surface area contributed by atoms with Crippen LogP contribution in [0.25, 0.3) is 11.2 Å². The molecule has 0 radical (unpaired) electrons. The normalized spacial score (nSPS) is 11.3. The molecule has 13 heteroatoms. The van der Waals surface area contributed by atoms with E-state index in [-0.39, 0.29) is 35.1 Å². The Morgan fingerprint density at radius 1 is 1.19 bits per heavy atom. The van der Waals surface area contributed by atoms with Crippen LogP contribution in [0.3, 0.4) is 0 Å². The highest BCUT2D eigenvalue weighted by molar-refractivity contribution is 5.82. The molecule has 2 N–H and O–H groups in total. The highest BCUT2D eigenvalue weighted by Crippen LogP contribution is 2.26. The van der Waals surface area contributed by atoms with E-state index in [1.54, 1.807) is 37.3 Å². The standard InChI is InChI=1S/C23H23N7O6/c1-4-36-18-11-14(9-10-17(18)31)12-24-26-22-25-20-19(21(32)28(3)23(33)27(20)2)29(22)13-15-7-5-6-8-16(15)30(34)35/h5-12,31H,4,13H2,1-3H3,(H,25,26)/b24-12-. The second kappa shape index (κ2) is 9.74. The van der Waals surface area contributed by atoms with Gasteiger partial charge in [0.15, 0.2) is 22.7 Å². The molecular formula is C23H23N7O6. The van der Waals surface area contributed by atoms with Crippen LogP contribution in [0.5, 0.6) is 11.5 Å². The average molecular weight is 493 g/mol. The number of nitrogens with one attached hydrogen (secondary N) is 1. The van der Waals surface area contributed by atoms with E-state index in [0.29, 0.717) is 23.5 Å². The fraction of sp³-hybridized carbons (Fsp3) is 0.217. The number of aryl methyl sites for hydroxylation is 1. The Morgan fingerprint density at radius 2 is 1.94 bits per heavy atom. The second-order valence-corrected chi connectivity index (χ2v) is 7.82. The van der Waals surface area contributed by atoms with Crippen molar-refractivity contribution in [1.29, 1.82) is 0 Å². The van der Waals surface area contributed by atoms with E-state index in [1.165, 1.54) is 41.6 Å². The highest BCUT2D eigenvalue weighted by atomic mass is 16.6. The van der Waals surface area contributed by atoms with Crippen LogP contribution < -0.4 is 21.4 Å². The largest absolute Gasteiger partial charge is 0.504 e. The Kier molecular flexibility index (Phi) is 6.54. The number of nitro groups is 1. The molecule has 0 aliphatic heterocycles. The Bertz CT molecular complexity index is 1620. The zero-order valence-electron chi connectivity index (χ0n) is 19.7. The van der Waals surface area contributed by atoms with Crippen molar-refractivity contribution < 1.29 is 14.8 Å². The maximum absolute atomic E-state index is 13.0. The first-order valence-corrected chi connectivity index (χ1v) is 10.9. The highest BCUT2D eigenvalue weighted by Gasteiger charge is 2.22. The van der Waals surface area contributed by atoms with Gasteiger partial charge in [0, 0.05) is 25.7 Å². The van der Waals surface area contributed by atoms with Gasteiger partial charge in [-0.2, -0.15) is 10.1 Å². The lowest BCUT2D eigenvalue weighted by Gasteiger charge is -2.10. The second-order valence-electron chi connectivity index (χ2n) is 7.82. The van der Waals surface area contributed by atoms with E-state index in [0.717, 1.165) is 4.57 Å². The van der Waals surface area contributed by atoms with Crippen LogP contribution in [0.1, 0.15) is 18.1 Å². The Morgan fingerprint density at radius 3 is 2.67 bits per heavy atom. The Labute approximate surface area is 203 Å². The number of hydrogen-bond donors (Lipinski definition) is 2. The fourth-order valence-electron chi connectivity index (χ4n) is 3.73. The molecule has 0 fully saturated rings. The number of aromatic hydroxyl groups is 1. The monoisotopic (exact) mass is 493 g/mol. The number of aromatic nitrogens is 4. The first-order chi connectivity index (χ1) is 17.2. The Balaban J connectivity index is 1.81. The van der Waals surface area contributed by atoms with Crippen LogP contribution in [0, 0.1) is 10.1 Å². The van der Waals surface area contributed by atoms with Crippen LogP contribution in [0.15, 0.2) is 57.2 Å². The molecule has 0 aliphatic carbocycles. The van der Waals surface area contributed by atoms with Crippen LogP contribution in [-0.2, 0) is 20.6 Å². The third kappa shape index (κ3) is 4.41. The lowest BCUT2D eigenvalue weighted by atomic mass is 10.2. The SMILES string of the molecule is CCOc1cc(/C=N\Nc2nc3c(c(=O)n(C)c(=O)n3C)n2Cc2ccccc2[N+](=O)[O-])ccc1O. The lowest BCUT2D eigenvalue weighted by Crippen LogP contribution is -2.37. The van der Waals surface area contributed by atoms with Crippen LogP contribution in [-0.4, -0.2) is 41.5 Å². The molecule has 13 nitrogen and oxygen atoms in total. The molecule has 0 bridgehead atoms. The first-order valence-electron chi connectivity index (χ1n) is 10.9. The van der Waals surface area contributed by atoms with Crippen molar-refractivity contribution in [3.05, 3.63) is 84.5 Å². The van der Waals surface area contributed by atoms with Crippen molar-refractivity contribution in [3.63, 3.8) is 0 Å². The van der Waals surface area contributed by atoms with Crippen molar-refractivity contribution in [2.75, 3.05) is 12.0 Å². The van der Waals surface area contributed by atoms with Crippen molar-refractivity contribution in [3.8, 4) is 11.5 Å². The predicted molar refractivity (Wildman–Crippen MR) is 133 cm³/mol. The molecule has 4 aromatic rings. The lowest BCUT2D eigenvalue weighted by molar-refractivity contribution is -0.385. The number of phenolic OH excluding ortho intramolecular Hbond substituents is 1. The van der Waals surface area contributed by atoms with E-state index in [2.05, 4.69) is 15.5 Å². The van der Waals surface area contributed by atoms with Gasteiger partial charge < -0.3 is 9.84 Å². The molecule has 0 atom stereocenters. The number of fused-ring (bicyclic) bond motifs is 1. The van der Waals surface area contributed by atoms with Gasteiger partial charge in [-0.1, -0.05) is 18.2 Å². The molecule has 4 rings (SSSR count). The van der Waals surface area contributed by atoms with Gasteiger partial charge in [-0.3, -0.25) is 28.6 Å². The zero-order valence-corrected chi connectivity index (χ0v) is 19.7. The van der Waals surface area contributed by atoms with Crippen LogP contribution >= 0.6 is 0 Å². The summed E-state index contributed by atoms with van der Waals surface area (Å²) in [7, 11) is 2.82. The van der Waals surface area contributed by atoms with Gasteiger partial charge in [0.25, 0.3) is 11.2 Å². The smallest absolute Gasteiger partial charge is 0.332 e. The minimum Gasteiger partial charge on any atom is -0.504 e. The van der Waals surface area contributed by atoms with Gasteiger partial charge in [-0.15, -0.1) is 0 Å². The van der Waals surface area contributed by atoms with E-state index >= 15 is 0 Å². The molecule has 2 aromatic heterocycles. The van der Waals surface area contributed by atoms with E-state index in [1.807, 2.05) is 0 Å². The van der Waals surface area contributed by atoms with Crippen molar-refractivity contribution in [2.45, 2.75) is 13.5 Å². The molecule has 2 aromatic carbocycles. The summed E-state index contributed by atoms with van der Waals surface area (Å²) in [5.74, 6) is 0.384. The molecule has 0 saturated heterocycles. The number of anilines is 1. The summed E-state index contributed by atoms with van der Waals surface area (Å²) in [4.78, 5) is 40.9. The molecule has 0 unspecified atom stereocenters. The minimum atomic E-state index is -0.601. The van der Waals surface area contributed by atoms with Crippen LogP contribution in [0.2, 0.25) is 0 Å². The third-order valence-electron chi connectivity index (χ3n) is 5.53. The number of hydrazone groups is 1. The molecule has 0 amide bonds. The van der Waals surface area contributed by atoms with E-state index < -0.39 is 16.2 Å². The van der Waals surface area contributed by atoms with Gasteiger partial charge in [-0.05, 0) is 30.7 Å². The summed E-state index contributed by atoms with van der Waals surface area (Å²) in [5.41, 5.74) is 2.60. The molecule has 2 heterocycles. The maximum atomic E-state index is 13.0. The van der Waals surface area contributed by atoms with Gasteiger partial charge in [0.1, 0.15) is 0 Å². The van der Waals surface area contributed by atoms with Gasteiger partial charge in [-0.25, -0.2) is 10.2 Å². The Hall–Kier alpha value is -4.94. The summed E-state index contributed by atoms with van der Waals surface area (Å²) in [6, 6.07) is 10.8. The van der Waals surface area contributed by atoms with E-state index in [4.69, 9.17) is 4.74 Å². The number of ether oxygens (including phenoxy) is 1. The number of nitrogens with zero attached hydrogens (tertiary/aromatic N) is 6.